The van der Waals surface area contributed by atoms with E-state index in [2.05, 4.69) is 10.6 Å². The van der Waals surface area contributed by atoms with Crippen LogP contribution in [-0.2, 0) is 14.3 Å². The molecule has 1 saturated heterocycles. The zero-order valence-electron chi connectivity index (χ0n) is 12.8. The monoisotopic (exact) mass is 284 g/mol. The Morgan fingerprint density at radius 1 is 1.55 bits per heavy atom. The van der Waals surface area contributed by atoms with Gasteiger partial charge in [-0.1, -0.05) is 0 Å². The first kappa shape index (κ1) is 16.5. The Morgan fingerprint density at radius 3 is 2.55 bits per heavy atom. The molecule has 1 fully saturated rings. The van der Waals surface area contributed by atoms with Gasteiger partial charge in [-0.2, -0.15) is 0 Å². The maximum Gasteiger partial charge on any atom is 0.408 e. The maximum atomic E-state index is 11.8. The predicted molar refractivity (Wildman–Crippen MR) is 74.2 cm³/mol. The van der Waals surface area contributed by atoms with Crippen LogP contribution in [0.15, 0.2) is 0 Å². The largest absolute Gasteiger partial charge is 0.444 e. The second kappa shape index (κ2) is 5.81. The third-order valence-electron chi connectivity index (χ3n) is 2.99. The van der Waals surface area contributed by atoms with Crippen molar-refractivity contribution < 1.29 is 19.1 Å². The molecule has 6 nitrogen and oxygen atoms in total. The van der Waals surface area contributed by atoms with Crippen molar-refractivity contribution >= 4 is 18.3 Å². The molecular weight excluding hydrogens is 260 g/mol. The van der Waals surface area contributed by atoms with E-state index < -0.39 is 17.7 Å². The second-order valence-electron chi connectivity index (χ2n) is 6.90. The van der Waals surface area contributed by atoms with Crippen LogP contribution in [0.3, 0.4) is 0 Å². The van der Waals surface area contributed by atoms with Gasteiger partial charge in [-0.05, 0) is 47.5 Å². The number of carbonyl (C=O) groups excluding carboxylic acids is 3. The zero-order chi connectivity index (χ0) is 15.6. The van der Waals surface area contributed by atoms with Crippen LogP contribution >= 0.6 is 0 Å². The van der Waals surface area contributed by atoms with Crippen LogP contribution in [0, 0.1) is 5.92 Å². The minimum atomic E-state index is -0.713. The first-order chi connectivity index (χ1) is 9.02. The fourth-order valence-electron chi connectivity index (χ4n) is 2.30. The average molecular weight is 284 g/mol. The molecule has 2 N–H and O–H groups in total. The van der Waals surface area contributed by atoms with Crippen molar-refractivity contribution in [2.45, 2.75) is 64.6 Å². The van der Waals surface area contributed by atoms with Crippen LogP contribution < -0.4 is 10.6 Å². The summed E-state index contributed by atoms with van der Waals surface area (Å²) < 4.78 is 5.09. The number of alkyl carbamates (subject to hydrolysis) is 1. The van der Waals surface area contributed by atoms with Crippen LogP contribution in [0.2, 0.25) is 0 Å². The number of aldehydes is 1. The Kier molecular flexibility index (Phi) is 4.78. The molecule has 1 aliphatic rings. The number of ether oxygens (including phenoxy) is 1. The molecule has 0 aliphatic carbocycles. The third kappa shape index (κ3) is 5.19. The predicted octanol–water partition coefficient (Wildman–Crippen LogP) is 1.38. The van der Waals surface area contributed by atoms with Crippen molar-refractivity contribution in [2.75, 3.05) is 0 Å². The molecule has 1 aliphatic heterocycles. The summed E-state index contributed by atoms with van der Waals surface area (Å²) in [6, 6.07) is -0.713. The van der Waals surface area contributed by atoms with Crippen molar-refractivity contribution in [2.24, 2.45) is 5.92 Å². The fraction of sp³-hybridized carbons (Fsp3) is 0.786. The molecule has 0 bridgehead atoms. The van der Waals surface area contributed by atoms with Gasteiger partial charge in [0.25, 0.3) is 0 Å². The van der Waals surface area contributed by atoms with Gasteiger partial charge in [0.2, 0.25) is 5.91 Å². The summed E-state index contributed by atoms with van der Waals surface area (Å²) in [7, 11) is 0. The number of amides is 2. The normalized spacial score (nSPS) is 22.9. The third-order valence-corrected chi connectivity index (χ3v) is 2.99. The molecule has 0 spiro atoms. The molecule has 20 heavy (non-hydrogen) atoms. The van der Waals surface area contributed by atoms with E-state index >= 15 is 0 Å². The van der Waals surface area contributed by atoms with E-state index in [-0.39, 0.29) is 23.8 Å². The highest BCUT2D eigenvalue weighted by Gasteiger charge is 2.38. The lowest BCUT2D eigenvalue weighted by Gasteiger charge is -2.22. The molecule has 0 saturated carbocycles. The van der Waals surface area contributed by atoms with Crippen LogP contribution in [0.4, 0.5) is 4.79 Å². The molecule has 0 unspecified atom stereocenters. The molecule has 2 atom stereocenters. The number of nitrogens with one attached hydrogen (secondary N) is 2. The molecule has 1 rings (SSSR count). The maximum absolute atomic E-state index is 11.8. The highest BCUT2D eigenvalue weighted by molar-refractivity contribution is 5.83. The Labute approximate surface area is 119 Å². The van der Waals surface area contributed by atoms with E-state index in [4.69, 9.17) is 4.74 Å². The lowest BCUT2D eigenvalue weighted by molar-refractivity contribution is -0.123. The van der Waals surface area contributed by atoms with Crippen molar-refractivity contribution in [3.63, 3.8) is 0 Å². The summed E-state index contributed by atoms with van der Waals surface area (Å²) in [4.78, 5) is 34.5. The van der Waals surface area contributed by atoms with E-state index in [1.54, 1.807) is 20.8 Å². The van der Waals surface area contributed by atoms with Crippen LogP contribution in [-0.4, -0.2) is 35.5 Å². The van der Waals surface area contributed by atoms with Crippen LogP contribution in [0.25, 0.3) is 0 Å². The topological polar surface area (TPSA) is 84.5 Å². The zero-order valence-corrected chi connectivity index (χ0v) is 12.8. The van der Waals surface area contributed by atoms with Crippen molar-refractivity contribution in [1.82, 2.24) is 10.6 Å². The van der Waals surface area contributed by atoms with Crippen LogP contribution in [0.5, 0.6) is 0 Å². The second-order valence-corrected chi connectivity index (χ2v) is 6.90. The quantitative estimate of drug-likeness (QED) is 0.764. The van der Waals surface area contributed by atoms with Gasteiger partial charge in [0.05, 0.1) is 6.04 Å². The molecule has 0 radical (unpaired) electrons. The summed E-state index contributed by atoms with van der Waals surface area (Å²) in [6.07, 6.45) is 0.930. The number of rotatable bonds is 4. The summed E-state index contributed by atoms with van der Waals surface area (Å²) in [5, 5.41) is 5.35. The van der Waals surface area contributed by atoms with Crippen molar-refractivity contribution in [3.05, 3.63) is 0 Å². The average Bonchev–Trinajstić information content (AvgIpc) is 2.47. The standard InChI is InChI=1S/C14H24N2O4/c1-13(2,3)20-12(19)15-10(8-17)6-9-7-14(4,5)16-11(9)18/h8-10H,6-7H2,1-5H3,(H,15,19)(H,16,18)/t9-,10+/m1/s1. The highest BCUT2D eigenvalue weighted by Crippen LogP contribution is 2.27. The minimum Gasteiger partial charge on any atom is -0.444 e. The van der Waals surface area contributed by atoms with Crippen LogP contribution in [0.1, 0.15) is 47.5 Å². The Hall–Kier alpha value is -1.59. The summed E-state index contributed by atoms with van der Waals surface area (Å²) in [5.41, 5.74) is -0.884. The summed E-state index contributed by atoms with van der Waals surface area (Å²) >= 11 is 0. The molecule has 114 valence electrons. The summed E-state index contributed by atoms with van der Waals surface area (Å²) in [6.45, 7) is 9.10. The first-order valence-electron chi connectivity index (χ1n) is 6.79. The van der Waals surface area contributed by atoms with Gasteiger partial charge in [-0.25, -0.2) is 4.79 Å². The minimum absolute atomic E-state index is 0.0761. The van der Waals surface area contributed by atoms with Gasteiger partial charge < -0.3 is 20.2 Å². The molecule has 0 aromatic heterocycles. The van der Waals surface area contributed by atoms with Crippen molar-refractivity contribution in [3.8, 4) is 0 Å². The Balaban J connectivity index is 2.54. The number of hydrogen-bond donors (Lipinski definition) is 2. The van der Waals surface area contributed by atoms with Gasteiger partial charge in [0.15, 0.2) is 0 Å². The number of hydrogen-bond acceptors (Lipinski definition) is 4. The smallest absolute Gasteiger partial charge is 0.408 e. The first-order valence-corrected chi connectivity index (χ1v) is 6.79. The Morgan fingerprint density at radius 2 is 2.15 bits per heavy atom. The van der Waals surface area contributed by atoms with Gasteiger partial charge in [-0.15, -0.1) is 0 Å². The van der Waals surface area contributed by atoms with Gasteiger partial charge in [0, 0.05) is 11.5 Å². The highest BCUT2D eigenvalue weighted by atomic mass is 16.6. The van der Waals surface area contributed by atoms with Gasteiger partial charge in [0.1, 0.15) is 11.9 Å². The molecule has 1 heterocycles. The van der Waals surface area contributed by atoms with E-state index in [1.807, 2.05) is 13.8 Å². The molecular formula is C14H24N2O4. The Bertz CT molecular complexity index is 398. The molecule has 0 aromatic carbocycles. The number of carbonyl (C=O) groups is 3. The molecule has 0 aromatic rings. The van der Waals surface area contributed by atoms with E-state index in [1.165, 1.54) is 0 Å². The van der Waals surface area contributed by atoms with Gasteiger partial charge in [-0.3, -0.25) is 4.79 Å². The fourth-order valence-corrected chi connectivity index (χ4v) is 2.30. The van der Waals surface area contributed by atoms with Crippen molar-refractivity contribution in [1.29, 1.82) is 0 Å². The van der Waals surface area contributed by atoms with E-state index in [0.29, 0.717) is 12.7 Å². The van der Waals surface area contributed by atoms with E-state index in [0.717, 1.165) is 0 Å². The molecule has 6 heteroatoms. The molecule has 2 amide bonds. The summed E-state index contributed by atoms with van der Waals surface area (Å²) in [5.74, 6) is -0.344. The SMILES string of the molecule is CC1(C)C[C@@H](C[C@@H](C=O)NC(=O)OC(C)(C)C)C(=O)N1. The lowest BCUT2D eigenvalue weighted by atomic mass is 9.92. The lowest BCUT2D eigenvalue weighted by Crippen LogP contribution is -2.41. The van der Waals surface area contributed by atoms with Gasteiger partial charge >= 0.3 is 6.09 Å². The van der Waals surface area contributed by atoms with E-state index in [9.17, 15) is 14.4 Å².